The van der Waals surface area contributed by atoms with Crippen LogP contribution in [0.1, 0.15) is 155 Å². The van der Waals surface area contributed by atoms with Gasteiger partial charge in [-0.25, -0.2) is 8.42 Å². The van der Waals surface area contributed by atoms with Gasteiger partial charge in [-0.05, 0) is 107 Å². The minimum absolute atomic E-state index is 0.122. The smallest absolute Gasteiger partial charge is 0.243 e. The molecule has 2 heterocycles. The first-order valence-corrected chi connectivity index (χ1v) is 26.1. The lowest BCUT2D eigenvalue weighted by atomic mass is 9.79. The summed E-state index contributed by atoms with van der Waals surface area (Å²) in [6, 6.07) is 24.3. The third-order valence-electron chi connectivity index (χ3n) is 13.6. The van der Waals surface area contributed by atoms with Crippen LogP contribution in [0.2, 0.25) is 0 Å². The van der Waals surface area contributed by atoms with E-state index >= 15 is 0 Å². The molecule has 0 aromatic heterocycles. The molecule has 0 fully saturated rings. The highest BCUT2D eigenvalue weighted by Crippen LogP contribution is 2.44. The third-order valence-corrected chi connectivity index (χ3v) is 15.5. The molecule has 0 atom stereocenters. The van der Waals surface area contributed by atoms with Crippen molar-refractivity contribution in [1.29, 1.82) is 0 Å². The Bertz CT molecular complexity index is 2510. The SMILES string of the molecule is Cc1ccc(S(=O)(=O)N2CCOCCOc3c4cc(C(C)(C)C)cc3Cc3cc(C(C)(C)C)cc(c3O)Cc3cc(C(C)(C)C)cc(c3OCCOCC2)Cc2cc(C(C)(C)C)cc(c2O)C4)cc1. The number of benzene rings is 5. The number of sulfonamides is 1. The van der Waals surface area contributed by atoms with Crippen molar-refractivity contribution in [3.8, 4) is 23.0 Å². The molecule has 0 saturated carbocycles. The van der Waals surface area contributed by atoms with Crippen LogP contribution in [0.5, 0.6) is 23.0 Å². The molecule has 1 aliphatic carbocycles. The molecule has 69 heavy (non-hydrogen) atoms. The van der Waals surface area contributed by atoms with Crippen molar-refractivity contribution in [2.75, 3.05) is 52.7 Å². The number of hydrogen-bond acceptors (Lipinski definition) is 8. The van der Waals surface area contributed by atoms with Crippen molar-refractivity contribution < 1.29 is 37.6 Å². The number of phenolic OH excluding ortho intramolecular Hbond substituents is 2. The number of hydrogen-bond donors (Lipinski definition) is 2. The molecule has 3 aliphatic rings. The molecule has 2 N–H and O–H groups in total. The molecule has 2 aliphatic heterocycles. The Labute approximate surface area is 413 Å². The lowest BCUT2D eigenvalue weighted by Gasteiger charge is -2.28. The second-order valence-electron chi connectivity index (χ2n) is 23.4. The fraction of sp³-hybridized carbons (Fsp3) is 0.492. The van der Waals surface area contributed by atoms with Crippen LogP contribution in [0.4, 0.5) is 0 Å². The summed E-state index contributed by atoms with van der Waals surface area (Å²) in [5.41, 5.74) is 11.3. The van der Waals surface area contributed by atoms with Crippen molar-refractivity contribution in [1.82, 2.24) is 4.31 Å². The van der Waals surface area contributed by atoms with Crippen molar-refractivity contribution in [2.24, 2.45) is 0 Å². The Balaban J connectivity index is 1.47. The van der Waals surface area contributed by atoms with Crippen molar-refractivity contribution in [3.05, 3.63) is 145 Å². The van der Waals surface area contributed by atoms with E-state index in [0.717, 1.165) is 72.3 Å². The molecular weight excluding hydrogens is 883 g/mol. The van der Waals surface area contributed by atoms with E-state index in [1.54, 1.807) is 24.3 Å². The first-order chi connectivity index (χ1) is 32.2. The minimum atomic E-state index is -3.86. The Morgan fingerprint density at radius 3 is 1.01 bits per heavy atom. The zero-order chi connectivity index (χ0) is 50.3. The molecule has 9 nitrogen and oxygen atoms in total. The van der Waals surface area contributed by atoms with Gasteiger partial charge in [-0.3, -0.25) is 0 Å². The summed E-state index contributed by atoms with van der Waals surface area (Å²) >= 11 is 0. The lowest BCUT2D eigenvalue weighted by molar-refractivity contribution is 0.0743. The predicted molar refractivity (Wildman–Crippen MR) is 278 cm³/mol. The van der Waals surface area contributed by atoms with E-state index in [1.165, 1.54) is 4.31 Å². The van der Waals surface area contributed by atoms with Gasteiger partial charge in [0.1, 0.15) is 36.2 Å². The first-order valence-electron chi connectivity index (χ1n) is 24.7. The monoisotopic (exact) mass is 960 g/mol. The van der Waals surface area contributed by atoms with Gasteiger partial charge in [-0.15, -0.1) is 0 Å². The van der Waals surface area contributed by atoms with Gasteiger partial charge in [0.05, 0.1) is 31.3 Å². The molecule has 5 aromatic carbocycles. The average molecular weight is 960 g/mol. The molecule has 0 amide bonds. The number of aromatic hydroxyl groups is 2. The predicted octanol–water partition coefficient (Wildman–Crippen LogP) is 11.8. The standard InChI is InChI=1S/C59H77NO8S/c1-38-14-16-51(17-15-38)69(63,64)60-18-20-65-22-24-67-54-43-26-39-30-47(56(2,3)4)31-40(52(39)61)27-44-35-50(59(11,12)13)37-46(55(44)68-25-23-66-21-19-60)29-42-33-48(57(5,6)7)32-41(53(42)62)28-45(54)36-49(34-43)58(8,9)10/h14-17,30-37,61-62H,18-29H2,1-13H3. The summed E-state index contributed by atoms with van der Waals surface area (Å²) in [5.74, 6) is 1.85. The number of phenols is 2. The topological polar surface area (TPSA) is 115 Å². The van der Waals surface area contributed by atoms with E-state index < -0.39 is 10.0 Å². The van der Waals surface area contributed by atoms with Crippen molar-refractivity contribution in [2.45, 2.75) is 142 Å². The maximum atomic E-state index is 14.1. The van der Waals surface area contributed by atoms with Gasteiger partial charge in [0, 0.05) is 38.8 Å². The molecule has 10 bridgehead atoms. The highest BCUT2D eigenvalue weighted by molar-refractivity contribution is 7.89. The van der Waals surface area contributed by atoms with Gasteiger partial charge in [-0.2, -0.15) is 4.31 Å². The van der Waals surface area contributed by atoms with E-state index in [1.807, 2.05) is 6.92 Å². The van der Waals surface area contributed by atoms with Gasteiger partial charge in [0.15, 0.2) is 0 Å². The van der Waals surface area contributed by atoms with Crippen molar-refractivity contribution in [3.63, 3.8) is 0 Å². The van der Waals surface area contributed by atoms with Crippen LogP contribution in [-0.4, -0.2) is 75.7 Å². The number of fused-ring (bicyclic) bond motifs is 12. The third kappa shape index (κ3) is 12.2. The molecule has 0 saturated heterocycles. The molecule has 0 radical (unpaired) electrons. The van der Waals surface area contributed by atoms with Crippen LogP contribution in [0, 0.1) is 6.92 Å². The summed E-state index contributed by atoms with van der Waals surface area (Å²) in [6.45, 7) is 29.7. The summed E-state index contributed by atoms with van der Waals surface area (Å²) in [7, 11) is -3.86. The van der Waals surface area contributed by atoms with Crippen LogP contribution in [0.25, 0.3) is 0 Å². The maximum Gasteiger partial charge on any atom is 0.243 e. The average Bonchev–Trinajstić information content (AvgIpc) is 3.24. The second-order valence-corrected chi connectivity index (χ2v) is 25.3. The molecule has 5 aromatic rings. The van der Waals surface area contributed by atoms with Crippen LogP contribution >= 0.6 is 0 Å². The number of ether oxygens (including phenoxy) is 4. The summed E-state index contributed by atoms with van der Waals surface area (Å²) < 4.78 is 55.7. The molecule has 8 rings (SSSR count). The zero-order valence-corrected chi connectivity index (χ0v) is 44.4. The largest absolute Gasteiger partial charge is 0.507 e. The molecular formula is C59H77NO8S. The summed E-state index contributed by atoms with van der Waals surface area (Å²) in [6.07, 6.45) is 1.54. The Kier molecular flexibility index (Phi) is 15.1. The van der Waals surface area contributed by atoms with Gasteiger partial charge < -0.3 is 29.2 Å². The molecule has 372 valence electrons. The molecule has 0 unspecified atom stereocenters. The highest BCUT2D eigenvalue weighted by atomic mass is 32.2. The van der Waals surface area contributed by atoms with Crippen LogP contribution < -0.4 is 9.47 Å². The van der Waals surface area contributed by atoms with Gasteiger partial charge in [0.2, 0.25) is 10.0 Å². The van der Waals surface area contributed by atoms with Crippen LogP contribution in [-0.2, 0) is 66.8 Å². The fourth-order valence-electron chi connectivity index (χ4n) is 9.17. The fourth-order valence-corrected chi connectivity index (χ4v) is 10.6. The number of aryl methyl sites for hydroxylation is 1. The van der Waals surface area contributed by atoms with Crippen LogP contribution in [0.3, 0.4) is 0 Å². The van der Waals surface area contributed by atoms with Gasteiger partial charge in [0.25, 0.3) is 0 Å². The normalized spacial score (nSPS) is 16.4. The maximum absolute atomic E-state index is 14.1. The van der Waals surface area contributed by atoms with Gasteiger partial charge >= 0.3 is 0 Å². The van der Waals surface area contributed by atoms with Crippen molar-refractivity contribution >= 4 is 10.0 Å². The summed E-state index contributed by atoms with van der Waals surface area (Å²) in [4.78, 5) is 0.219. The Morgan fingerprint density at radius 2 is 0.725 bits per heavy atom. The van der Waals surface area contributed by atoms with Crippen LogP contribution in [0.15, 0.2) is 77.7 Å². The quantitative estimate of drug-likeness (QED) is 0.165. The molecule has 0 spiro atoms. The molecule has 10 heteroatoms. The highest BCUT2D eigenvalue weighted by Gasteiger charge is 2.30. The second kappa shape index (κ2) is 20.1. The van der Waals surface area contributed by atoms with E-state index in [-0.39, 0.29) is 90.8 Å². The first kappa shape index (κ1) is 52.0. The van der Waals surface area contributed by atoms with E-state index in [4.69, 9.17) is 18.9 Å². The van der Waals surface area contributed by atoms with E-state index in [0.29, 0.717) is 37.2 Å². The van der Waals surface area contributed by atoms with E-state index in [2.05, 4.69) is 132 Å². The minimum Gasteiger partial charge on any atom is -0.507 e. The lowest BCUT2D eigenvalue weighted by Crippen LogP contribution is -2.37. The zero-order valence-electron chi connectivity index (χ0n) is 43.6. The van der Waals surface area contributed by atoms with E-state index in [9.17, 15) is 18.6 Å². The number of nitrogens with zero attached hydrogens (tertiary/aromatic N) is 1. The number of rotatable bonds is 2. The van der Waals surface area contributed by atoms with Gasteiger partial charge in [-0.1, -0.05) is 149 Å². The summed E-state index contributed by atoms with van der Waals surface area (Å²) in [5, 5.41) is 25.2. The Morgan fingerprint density at radius 1 is 0.435 bits per heavy atom. The Hall–Kier alpha value is -4.87.